The summed E-state index contributed by atoms with van der Waals surface area (Å²) < 4.78 is 0. The summed E-state index contributed by atoms with van der Waals surface area (Å²) >= 11 is 0. The second kappa shape index (κ2) is 6.88. The van der Waals surface area contributed by atoms with E-state index < -0.39 is 0 Å². The molecular formula is C18H24N4. The largest absolute Gasteiger partial charge is 0.346 e. The van der Waals surface area contributed by atoms with Crippen LogP contribution in [0.2, 0.25) is 0 Å². The van der Waals surface area contributed by atoms with Gasteiger partial charge in [-0.15, -0.1) is 0 Å². The Morgan fingerprint density at radius 1 is 1.05 bits per heavy atom. The van der Waals surface area contributed by atoms with Gasteiger partial charge in [-0.1, -0.05) is 30.3 Å². The molecule has 1 aliphatic rings. The lowest BCUT2D eigenvalue weighted by Gasteiger charge is -2.25. The first-order valence-corrected chi connectivity index (χ1v) is 8.07. The molecule has 0 radical (unpaired) electrons. The Morgan fingerprint density at radius 3 is 2.32 bits per heavy atom. The minimum absolute atomic E-state index is 0.223. The van der Waals surface area contributed by atoms with Gasteiger partial charge in [0.1, 0.15) is 0 Å². The van der Waals surface area contributed by atoms with E-state index >= 15 is 0 Å². The maximum absolute atomic E-state index is 4.53. The summed E-state index contributed by atoms with van der Waals surface area (Å²) in [7, 11) is 0. The van der Waals surface area contributed by atoms with Gasteiger partial charge >= 0.3 is 0 Å². The molecule has 1 atom stereocenters. The van der Waals surface area contributed by atoms with Gasteiger partial charge in [-0.2, -0.15) is 0 Å². The second-order valence-corrected chi connectivity index (χ2v) is 6.09. The van der Waals surface area contributed by atoms with Crippen LogP contribution in [-0.4, -0.2) is 34.5 Å². The number of hydrogen-bond donors (Lipinski definition) is 1. The van der Waals surface area contributed by atoms with Crippen molar-refractivity contribution in [3.63, 3.8) is 0 Å². The Bertz CT molecular complexity index is 585. The molecule has 0 spiro atoms. The molecular weight excluding hydrogens is 272 g/mol. The summed E-state index contributed by atoms with van der Waals surface area (Å²) in [5, 5.41) is 3.54. The molecule has 3 rings (SSSR count). The van der Waals surface area contributed by atoms with E-state index in [1.165, 1.54) is 31.5 Å². The van der Waals surface area contributed by atoms with E-state index in [2.05, 4.69) is 50.5 Å². The van der Waals surface area contributed by atoms with E-state index in [4.69, 9.17) is 0 Å². The Morgan fingerprint density at radius 2 is 1.68 bits per heavy atom. The van der Waals surface area contributed by atoms with Crippen LogP contribution < -0.4 is 5.32 Å². The predicted octanol–water partition coefficient (Wildman–Crippen LogP) is 3.34. The quantitative estimate of drug-likeness (QED) is 0.918. The number of benzene rings is 1. The van der Waals surface area contributed by atoms with E-state index in [0.29, 0.717) is 0 Å². The maximum Gasteiger partial charge on any atom is 0.223 e. The smallest absolute Gasteiger partial charge is 0.223 e. The molecule has 2 heterocycles. The number of nitrogens with one attached hydrogen (secondary N) is 1. The molecule has 0 bridgehead atoms. The molecule has 22 heavy (non-hydrogen) atoms. The Labute approximate surface area is 132 Å². The van der Waals surface area contributed by atoms with Crippen LogP contribution in [0, 0.1) is 13.8 Å². The summed E-state index contributed by atoms with van der Waals surface area (Å²) in [6.07, 6.45) is 2.61. The number of hydrogen-bond acceptors (Lipinski definition) is 4. The number of aromatic nitrogens is 2. The molecule has 4 heteroatoms. The highest BCUT2D eigenvalue weighted by Gasteiger charge is 2.19. The van der Waals surface area contributed by atoms with Gasteiger partial charge < -0.3 is 10.2 Å². The molecule has 1 aromatic heterocycles. The fraction of sp³-hybridized carbons (Fsp3) is 0.444. The van der Waals surface area contributed by atoms with E-state index in [1.807, 2.05) is 19.9 Å². The molecule has 1 saturated heterocycles. The molecule has 1 fully saturated rings. The number of anilines is 1. The number of aryl methyl sites for hydroxylation is 2. The molecule has 0 amide bonds. The summed E-state index contributed by atoms with van der Waals surface area (Å²) in [4.78, 5) is 11.6. The van der Waals surface area contributed by atoms with Gasteiger partial charge in [0.05, 0.1) is 6.04 Å². The Kier molecular flexibility index (Phi) is 4.68. The number of likely N-dealkylation sites (tertiary alicyclic amines) is 1. The van der Waals surface area contributed by atoms with E-state index in [1.54, 1.807) is 0 Å². The van der Waals surface area contributed by atoms with Crippen molar-refractivity contribution >= 4 is 5.95 Å². The van der Waals surface area contributed by atoms with Gasteiger partial charge in [-0.05, 0) is 51.4 Å². The Hall–Kier alpha value is -1.94. The molecule has 1 N–H and O–H groups in total. The average molecular weight is 296 g/mol. The zero-order valence-corrected chi connectivity index (χ0v) is 13.4. The van der Waals surface area contributed by atoms with Gasteiger partial charge in [-0.25, -0.2) is 9.97 Å². The van der Waals surface area contributed by atoms with Crippen LogP contribution >= 0.6 is 0 Å². The maximum atomic E-state index is 4.53. The van der Waals surface area contributed by atoms with Gasteiger partial charge in [-0.3, -0.25) is 0 Å². The minimum atomic E-state index is 0.223. The van der Waals surface area contributed by atoms with Crippen molar-refractivity contribution in [1.82, 2.24) is 14.9 Å². The lowest BCUT2D eigenvalue weighted by Crippen LogP contribution is -2.30. The zero-order valence-electron chi connectivity index (χ0n) is 13.4. The van der Waals surface area contributed by atoms with Crippen molar-refractivity contribution in [1.29, 1.82) is 0 Å². The first-order chi connectivity index (χ1) is 10.7. The SMILES string of the molecule is Cc1cc(C)nc(NC(CN2CCCC2)c2ccccc2)n1. The Balaban J connectivity index is 1.81. The highest BCUT2D eigenvalue weighted by Crippen LogP contribution is 2.21. The predicted molar refractivity (Wildman–Crippen MR) is 90.0 cm³/mol. The van der Waals surface area contributed by atoms with Gasteiger partial charge in [0.2, 0.25) is 5.95 Å². The molecule has 2 aromatic rings. The van der Waals surface area contributed by atoms with Crippen LogP contribution in [0.15, 0.2) is 36.4 Å². The standard InChI is InChI=1S/C18H24N4/c1-14-12-15(2)20-18(19-14)21-17(13-22-10-6-7-11-22)16-8-4-3-5-9-16/h3-5,8-9,12,17H,6-7,10-11,13H2,1-2H3,(H,19,20,21). The van der Waals surface area contributed by atoms with Crippen LogP contribution in [0.3, 0.4) is 0 Å². The lowest BCUT2D eigenvalue weighted by molar-refractivity contribution is 0.323. The highest BCUT2D eigenvalue weighted by molar-refractivity contribution is 5.34. The first kappa shape index (κ1) is 15.0. The fourth-order valence-electron chi connectivity index (χ4n) is 3.09. The number of nitrogens with zero attached hydrogens (tertiary/aromatic N) is 3. The summed E-state index contributed by atoms with van der Waals surface area (Å²) in [6.45, 7) is 7.41. The molecule has 0 saturated carbocycles. The molecule has 1 aliphatic heterocycles. The van der Waals surface area contributed by atoms with Crippen molar-refractivity contribution in [2.75, 3.05) is 25.0 Å². The first-order valence-electron chi connectivity index (χ1n) is 8.07. The van der Waals surface area contributed by atoms with Gasteiger partial charge in [0, 0.05) is 17.9 Å². The number of rotatable bonds is 5. The third-order valence-corrected chi connectivity index (χ3v) is 4.13. The summed E-state index contributed by atoms with van der Waals surface area (Å²) in [5.74, 6) is 0.727. The van der Waals surface area contributed by atoms with Crippen molar-refractivity contribution in [3.8, 4) is 0 Å². The van der Waals surface area contributed by atoms with Crippen LogP contribution in [0.5, 0.6) is 0 Å². The third kappa shape index (κ3) is 3.83. The minimum Gasteiger partial charge on any atom is -0.346 e. The molecule has 1 unspecified atom stereocenters. The highest BCUT2D eigenvalue weighted by atomic mass is 15.2. The average Bonchev–Trinajstić information content (AvgIpc) is 2.99. The van der Waals surface area contributed by atoms with E-state index in [9.17, 15) is 0 Å². The van der Waals surface area contributed by atoms with Crippen LogP contribution in [0.4, 0.5) is 5.95 Å². The second-order valence-electron chi connectivity index (χ2n) is 6.09. The van der Waals surface area contributed by atoms with Crippen molar-refractivity contribution in [2.45, 2.75) is 32.7 Å². The van der Waals surface area contributed by atoms with Crippen LogP contribution in [-0.2, 0) is 0 Å². The van der Waals surface area contributed by atoms with Crippen molar-refractivity contribution in [2.24, 2.45) is 0 Å². The lowest BCUT2D eigenvalue weighted by atomic mass is 10.1. The van der Waals surface area contributed by atoms with E-state index in [-0.39, 0.29) is 6.04 Å². The molecule has 116 valence electrons. The van der Waals surface area contributed by atoms with E-state index in [0.717, 1.165) is 23.9 Å². The molecule has 0 aliphatic carbocycles. The van der Waals surface area contributed by atoms with Crippen molar-refractivity contribution in [3.05, 3.63) is 53.3 Å². The topological polar surface area (TPSA) is 41.1 Å². The van der Waals surface area contributed by atoms with Crippen LogP contribution in [0.1, 0.15) is 35.8 Å². The summed E-state index contributed by atoms with van der Waals surface area (Å²) in [6, 6.07) is 12.8. The van der Waals surface area contributed by atoms with Crippen LogP contribution in [0.25, 0.3) is 0 Å². The normalized spacial score (nSPS) is 16.6. The van der Waals surface area contributed by atoms with Gasteiger partial charge in [0.15, 0.2) is 0 Å². The molecule has 1 aromatic carbocycles. The fourth-order valence-corrected chi connectivity index (χ4v) is 3.09. The van der Waals surface area contributed by atoms with Gasteiger partial charge in [0.25, 0.3) is 0 Å². The van der Waals surface area contributed by atoms with Crippen molar-refractivity contribution < 1.29 is 0 Å². The molecule has 4 nitrogen and oxygen atoms in total. The monoisotopic (exact) mass is 296 g/mol. The zero-order chi connectivity index (χ0) is 15.4. The third-order valence-electron chi connectivity index (χ3n) is 4.13. The summed E-state index contributed by atoms with van der Waals surface area (Å²) in [5.41, 5.74) is 3.29.